The van der Waals surface area contributed by atoms with Crippen molar-refractivity contribution >= 4 is 32.5 Å². The molecule has 0 aliphatic heterocycles. The molecule has 0 aliphatic carbocycles. The molecule has 0 aliphatic rings. The van der Waals surface area contributed by atoms with E-state index < -0.39 is 15.9 Å². The number of nitrogens with one attached hydrogen (secondary N) is 2. The highest BCUT2D eigenvalue weighted by molar-refractivity contribution is 7.95. The van der Waals surface area contributed by atoms with Crippen molar-refractivity contribution in [3.05, 3.63) is 65.7 Å². The van der Waals surface area contributed by atoms with Crippen LogP contribution in [0.5, 0.6) is 0 Å². The van der Waals surface area contributed by atoms with Crippen LogP contribution in [0.15, 0.2) is 54.6 Å². The first-order valence-corrected chi connectivity index (χ1v) is 9.49. The number of carbonyl (C=O) groups excluding carboxylic acids is 1. The van der Waals surface area contributed by atoms with E-state index in [-0.39, 0.29) is 6.42 Å². The minimum Gasteiger partial charge on any atom is -0.369 e. The van der Waals surface area contributed by atoms with E-state index in [9.17, 15) is 13.2 Å². The second kappa shape index (κ2) is 6.68. The average Bonchev–Trinajstić information content (AvgIpc) is 2.97. The maximum atomic E-state index is 11.7. The second-order valence-corrected chi connectivity index (χ2v) is 7.66. The van der Waals surface area contributed by atoms with Crippen LogP contribution < -0.4 is 10.5 Å². The third kappa shape index (κ3) is 3.48. The third-order valence-electron chi connectivity index (χ3n) is 4.14. The lowest BCUT2D eigenvalue weighted by molar-refractivity contribution is -0.117. The van der Waals surface area contributed by atoms with E-state index in [0.717, 1.165) is 38.6 Å². The second-order valence-electron chi connectivity index (χ2n) is 6.03. The SMILES string of the molecule is C=CS(=O)(=O)Nc1cccc(-c2ccc(CC(N)=O)c3[nH]cc(C)c23)c1. The summed E-state index contributed by atoms with van der Waals surface area (Å²) in [5, 5.41) is 1.85. The monoisotopic (exact) mass is 369 g/mol. The van der Waals surface area contributed by atoms with Crippen LogP contribution in [0.1, 0.15) is 11.1 Å². The maximum Gasteiger partial charge on any atom is 0.254 e. The van der Waals surface area contributed by atoms with Crippen LogP contribution in [0.4, 0.5) is 5.69 Å². The average molecular weight is 369 g/mol. The Morgan fingerprint density at radius 3 is 2.77 bits per heavy atom. The number of nitrogens with two attached hydrogens (primary N) is 1. The number of anilines is 1. The summed E-state index contributed by atoms with van der Waals surface area (Å²) in [6, 6.07) is 10.9. The molecule has 0 saturated carbocycles. The summed E-state index contributed by atoms with van der Waals surface area (Å²) < 4.78 is 25.9. The van der Waals surface area contributed by atoms with Gasteiger partial charge in [0.2, 0.25) is 5.91 Å². The van der Waals surface area contributed by atoms with Crippen molar-refractivity contribution < 1.29 is 13.2 Å². The zero-order valence-corrected chi connectivity index (χ0v) is 15.1. The van der Waals surface area contributed by atoms with Crippen LogP contribution in [0.2, 0.25) is 0 Å². The quantitative estimate of drug-likeness (QED) is 0.622. The number of carbonyl (C=O) groups is 1. The first-order valence-electron chi connectivity index (χ1n) is 7.94. The highest BCUT2D eigenvalue weighted by Crippen LogP contribution is 2.34. The van der Waals surface area contributed by atoms with Gasteiger partial charge in [-0.25, -0.2) is 8.42 Å². The number of benzene rings is 2. The molecule has 1 amide bonds. The zero-order chi connectivity index (χ0) is 18.9. The van der Waals surface area contributed by atoms with E-state index in [1.807, 2.05) is 31.3 Å². The molecule has 0 saturated heterocycles. The van der Waals surface area contributed by atoms with Crippen molar-refractivity contribution in [3.63, 3.8) is 0 Å². The highest BCUT2D eigenvalue weighted by Gasteiger charge is 2.14. The lowest BCUT2D eigenvalue weighted by atomic mass is 9.96. The van der Waals surface area contributed by atoms with Gasteiger partial charge < -0.3 is 10.7 Å². The molecule has 2 aromatic carbocycles. The number of hydrogen-bond donors (Lipinski definition) is 3. The molecular weight excluding hydrogens is 350 g/mol. The molecule has 6 nitrogen and oxygen atoms in total. The fraction of sp³-hybridized carbons (Fsp3) is 0.105. The van der Waals surface area contributed by atoms with E-state index in [4.69, 9.17) is 5.73 Å². The van der Waals surface area contributed by atoms with Gasteiger partial charge in [-0.05, 0) is 41.3 Å². The molecule has 4 N–H and O–H groups in total. The van der Waals surface area contributed by atoms with E-state index >= 15 is 0 Å². The number of aryl methyl sites for hydroxylation is 1. The molecule has 0 unspecified atom stereocenters. The molecular formula is C19H19N3O3S. The van der Waals surface area contributed by atoms with Crippen molar-refractivity contribution in [2.24, 2.45) is 5.73 Å². The zero-order valence-electron chi connectivity index (χ0n) is 14.2. The predicted molar refractivity (Wildman–Crippen MR) is 104 cm³/mol. The summed E-state index contributed by atoms with van der Waals surface area (Å²) in [4.78, 5) is 14.5. The standard InChI is InChI=1S/C19H19N3O3S/c1-3-26(24,25)22-15-6-4-5-13(9-15)16-8-7-14(10-17(20)23)19-18(16)12(2)11-21-19/h3-9,11,21-22H,1,10H2,2H3,(H2,20,23). The Labute approximate surface area is 151 Å². The topological polar surface area (TPSA) is 105 Å². The molecule has 0 fully saturated rings. The maximum absolute atomic E-state index is 11.7. The third-order valence-corrected chi connectivity index (χ3v) is 5.10. The molecule has 0 spiro atoms. The van der Waals surface area contributed by atoms with Crippen molar-refractivity contribution in [1.82, 2.24) is 4.98 Å². The van der Waals surface area contributed by atoms with Crippen LogP contribution in [0.25, 0.3) is 22.0 Å². The largest absolute Gasteiger partial charge is 0.369 e. The number of fused-ring (bicyclic) bond motifs is 1. The number of aromatic amines is 1. The first kappa shape index (κ1) is 17.8. The van der Waals surface area contributed by atoms with E-state index in [2.05, 4.69) is 16.3 Å². The molecule has 1 heterocycles. The van der Waals surface area contributed by atoms with Gasteiger partial charge in [0.25, 0.3) is 10.0 Å². The molecule has 7 heteroatoms. The lowest BCUT2D eigenvalue weighted by Gasteiger charge is -2.11. The van der Waals surface area contributed by atoms with Crippen LogP contribution in [0.3, 0.4) is 0 Å². The molecule has 1 aromatic heterocycles. The minimum absolute atomic E-state index is 0.149. The van der Waals surface area contributed by atoms with Gasteiger partial charge in [-0.3, -0.25) is 9.52 Å². The summed E-state index contributed by atoms with van der Waals surface area (Å²) in [7, 11) is -3.58. The summed E-state index contributed by atoms with van der Waals surface area (Å²) in [6.07, 6.45) is 2.03. The molecule has 134 valence electrons. The van der Waals surface area contributed by atoms with Gasteiger partial charge in [-0.1, -0.05) is 30.8 Å². The molecule has 3 aromatic rings. The van der Waals surface area contributed by atoms with Crippen molar-refractivity contribution in [1.29, 1.82) is 0 Å². The van der Waals surface area contributed by atoms with Gasteiger partial charge in [0.15, 0.2) is 0 Å². The molecule has 0 radical (unpaired) electrons. The summed E-state index contributed by atoms with van der Waals surface area (Å²) in [5.41, 5.74) is 10.3. The Morgan fingerprint density at radius 1 is 1.31 bits per heavy atom. The number of sulfonamides is 1. The van der Waals surface area contributed by atoms with Crippen LogP contribution in [-0.2, 0) is 21.2 Å². The Kier molecular flexibility index (Phi) is 4.56. The number of hydrogen-bond acceptors (Lipinski definition) is 3. The Bertz CT molecular complexity index is 1110. The predicted octanol–water partition coefficient (Wildman–Crippen LogP) is 3.06. The van der Waals surface area contributed by atoms with E-state index in [1.54, 1.807) is 18.2 Å². The summed E-state index contributed by atoms with van der Waals surface area (Å²) >= 11 is 0. The highest BCUT2D eigenvalue weighted by atomic mass is 32.2. The van der Waals surface area contributed by atoms with E-state index in [0.29, 0.717) is 5.69 Å². The Hall–Kier alpha value is -3.06. The fourth-order valence-electron chi connectivity index (χ4n) is 3.00. The Balaban J connectivity index is 2.13. The van der Waals surface area contributed by atoms with Gasteiger partial charge in [0, 0.05) is 22.7 Å². The number of rotatable bonds is 6. The van der Waals surface area contributed by atoms with E-state index in [1.165, 1.54) is 0 Å². The van der Waals surface area contributed by atoms with Crippen LogP contribution in [0, 0.1) is 6.92 Å². The van der Waals surface area contributed by atoms with Gasteiger partial charge in [0.05, 0.1) is 11.9 Å². The smallest absolute Gasteiger partial charge is 0.254 e. The Morgan fingerprint density at radius 2 is 2.08 bits per heavy atom. The van der Waals surface area contributed by atoms with Crippen molar-refractivity contribution in [2.75, 3.05) is 4.72 Å². The fourth-order valence-corrected chi connectivity index (χ4v) is 3.54. The summed E-state index contributed by atoms with van der Waals surface area (Å²) in [6.45, 7) is 5.27. The molecule has 26 heavy (non-hydrogen) atoms. The number of aromatic nitrogens is 1. The molecule has 0 bridgehead atoms. The normalized spacial score (nSPS) is 11.4. The number of H-pyrrole nitrogens is 1. The molecule has 0 atom stereocenters. The molecule has 3 rings (SSSR count). The van der Waals surface area contributed by atoms with Gasteiger partial charge in [-0.15, -0.1) is 0 Å². The lowest BCUT2D eigenvalue weighted by Crippen LogP contribution is -2.13. The number of amides is 1. The van der Waals surface area contributed by atoms with Gasteiger partial charge >= 0.3 is 0 Å². The first-order chi connectivity index (χ1) is 12.3. The van der Waals surface area contributed by atoms with Crippen LogP contribution >= 0.6 is 0 Å². The van der Waals surface area contributed by atoms with Crippen molar-refractivity contribution in [2.45, 2.75) is 13.3 Å². The van der Waals surface area contributed by atoms with Crippen LogP contribution in [-0.4, -0.2) is 19.3 Å². The van der Waals surface area contributed by atoms with Gasteiger partial charge in [0.1, 0.15) is 0 Å². The van der Waals surface area contributed by atoms with Gasteiger partial charge in [-0.2, -0.15) is 0 Å². The number of primary amides is 1. The van der Waals surface area contributed by atoms with Crippen molar-refractivity contribution in [3.8, 4) is 11.1 Å². The minimum atomic E-state index is -3.58. The summed E-state index contributed by atoms with van der Waals surface area (Å²) in [5.74, 6) is -0.396.